The zero-order valence-corrected chi connectivity index (χ0v) is 22.0. The molecular weight excluding hydrogens is 506 g/mol. The summed E-state index contributed by atoms with van der Waals surface area (Å²) < 4.78 is 1.91. The van der Waals surface area contributed by atoms with Crippen molar-refractivity contribution in [2.45, 2.75) is 44.3 Å². The Morgan fingerprint density at radius 1 is 1.07 bits per heavy atom. The lowest BCUT2D eigenvalue weighted by molar-refractivity contribution is -0.138. The van der Waals surface area contributed by atoms with Gasteiger partial charge in [-0.05, 0) is 54.7 Å². The van der Waals surface area contributed by atoms with Crippen molar-refractivity contribution >= 4 is 28.2 Å². The standard InChI is InChI=1S/C31H30N5O4/c37-29-7-3-6-27-19-12-20(16-34(27)29)30-23(14-18-13-21(36(39)40)8-9-28(18)35(30)15-19)31(38)33-11-10-26-24(17-33)22-4-1-2-5-25(22)32-26/h1-9,13,19-20,23,30,32,39H,10-12,14-17H2/q-1. The molecule has 1 amide bonds. The van der Waals surface area contributed by atoms with Gasteiger partial charge in [-0.15, -0.1) is 0 Å². The molecule has 9 nitrogen and oxygen atoms in total. The highest BCUT2D eigenvalue weighted by Gasteiger charge is 2.50. The first-order chi connectivity index (χ1) is 19.5. The third-order valence-corrected chi connectivity index (χ3v) is 9.72. The number of aromatic nitrogens is 2. The van der Waals surface area contributed by atoms with E-state index in [4.69, 9.17) is 0 Å². The Morgan fingerprint density at radius 2 is 1.95 bits per heavy atom. The van der Waals surface area contributed by atoms with Crippen LogP contribution < -0.4 is 15.7 Å². The lowest BCUT2D eigenvalue weighted by atomic mass is 9.69. The second kappa shape index (κ2) is 8.71. The molecule has 2 aromatic heterocycles. The molecule has 9 heteroatoms. The molecule has 1 fully saturated rings. The Morgan fingerprint density at radius 3 is 2.83 bits per heavy atom. The number of rotatable bonds is 2. The van der Waals surface area contributed by atoms with Crippen LogP contribution in [0, 0.1) is 17.0 Å². The number of piperidine rings is 1. The minimum absolute atomic E-state index is 0.0192. The van der Waals surface area contributed by atoms with Crippen molar-refractivity contribution in [2.75, 3.05) is 23.2 Å². The number of para-hydroxylation sites is 1. The van der Waals surface area contributed by atoms with Crippen LogP contribution in [0.4, 0.5) is 11.4 Å². The van der Waals surface area contributed by atoms with Crippen molar-refractivity contribution in [3.8, 4) is 0 Å². The molecule has 0 radical (unpaired) electrons. The van der Waals surface area contributed by atoms with E-state index in [1.807, 2.05) is 39.8 Å². The predicted molar refractivity (Wildman–Crippen MR) is 151 cm³/mol. The van der Waals surface area contributed by atoms with Gasteiger partial charge in [0.15, 0.2) is 0 Å². The lowest BCUT2D eigenvalue weighted by Gasteiger charge is -2.55. The van der Waals surface area contributed by atoms with Crippen LogP contribution in [0.2, 0.25) is 0 Å². The molecule has 4 unspecified atom stereocenters. The fraction of sp³-hybridized carbons (Fsp3) is 0.355. The summed E-state index contributed by atoms with van der Waals surface area (Å²) in [7, 11) is 0. The molecule has 1 saturated heterocycles. The highest BCUT2D eigenvalue weighted by atomic mass is 16.8. The summed E-state index contributed by atoms with van der Waals surface area (Å²) in [6.45, 7) is 2.51. The van der Waals surface area contributed by atoms with E-state index in [1.165, 1.54) is 11.3 Å². The van der Waals surface area contributed by atoms with Crippen molar-refractivity contribution in [2.24, 2.45) is 11.8 Å². The van der Waals surface area contributed by atoms with E-state index in [0.29, 0.717) is 32.6 Å². The number of fused-ring (bicyclic) bond motifs is 11. The second-order valence-electron chi connectivity index (χ2n) is 11.8. The van der Waals surface area contributed by atoms with Crippen LogP contribution in [0.15, 0.2) is 65.5 Å². The summed E-state index contributed by atoms with van der Waals surface area (Å²) >= 11 is 0. The van der Waals surface area contributed by atoms with Crippen LogP contribution in [0.25, 0.3) is 10.9 Å². The Hall–Kier alpha value is -4.08. The van der Waals surface area contributed by atoms with Gasteiger partial charge in [-0.25, -0.2) is 0 Å². The molecular formula is C31H30N5O4-. The summed E-state index contributed by atoms with van der Waals surface area (Å²) in [4.78, 5) is 35.2. The number of hydrogen-bond donors (Lipinski definition) is 2. The first-order valence-corrected chi connectivity index (χ1v) is 14.1. The van der Waals surface area contributed by atoms with Gasteiger partial charge in [-0.2, -0.15) is 0 Å². The van der Waals surface area contributed by atoms with E-state index >= 15 is 0 Å². The number of carbonyl (C=O) groups is 1. The summed E-state index contributed by atoms with van der Waals surface area (Å²) in [6, 6.07) is 19.0. The van der Waals surface area contributed by atoms with E-state index < -0.39 is 0 Å². The fourth-order valence-electron chi connectivity index (χ4n) is 8.03. The highest BCUT2D eigenvalue weighted by molar-refractivity contribution is 5.87. The van der Waals surface area contributed by atoms with Crippen molar-refractivity contribution < 1.29 is 10.0 Å². The molecule has 8 rings (SSSR count). The number of H-pyrrole nitrogens is 1. The topological polar surface area (TPSA) is 108 Å². The average molecular weight is 537 g/mol. The van der Waals surface area contributed by atoms with Crippen LogP contribution in [-0.2, 0) is 30.7 Å². The van der Waals surface area contributed by atoms with Gasteiger partial charge in [0, 0.05) is 84.2 Å². The normalized spacial score (nSPS) is 24.6. The zero-order valence-electron chi connectivity index (χ0n) is 22.0. The number of amides is 1. The van der Waals surface area contributed by atoms with Crippen LogP contribution >= 0.6 is 0 Å². The van der Waals surface area contributed by atoms with Crippen molar-refractivity contribution in [1.29, 1.82) is 0 Å². The Balaban J connectivity index is 1.19. The minimum Gasteiger partial charge on any atom is -0.733 e. The van der Waals surface area contributed by atoms with Crippen LogP contribution in [0.3, 0.4) is 0 Å². The maximum atomic E-state index is 14.5. The van der Waals surface area contributed by atoms with Crippen molar-refractivity contribution in [3.05, 3.63) is 98.7 Å². The molecule has 0 spiro atoms. The number of nitrogens with one attached hydrogen (secondary N) is 1. The smallest absolute Gasteiger partial charge is 0.250 e. The summed E-state index contributed by atoms with van der Waals surface area (Å²) in [5.74, 6) is 0.133. The molecule has 0 aliphatic carbocycles. The maximum Gasteiger partial charge on any atom is 0.250 e. The number of benzene rings is 2. The molecule has 4 atom stereocenters. The van der Waals surface area contributed by atoms with Gasteiger partial charge in [0.05, 0.1) is 11.6 Å². The number of hydrogen-bond acceptors (Lipinski definition) is 6. The Bertz CT molecular complexity index is 1720. The van der Waals surface area contributed by atoms with Gasteiger partial charge in [0.25, 0.3) is 5.56 Å². The second-order valence-corrected chi connectivity index (χ2v) is 11.8. The van der Waals surface area contributed by atoms with Gasteiger partial charge in [0.1, 0.15) is 0 Å². The molecule has 4 aliphatic rings. The van der Waals surface area contributed by atoms with E-state index in [2.05, 4.69) is 22.0 Å². The third kappa shape index (κ3) is 3.47. The number of pyridine rings is 1. The van der Waals surface area contributed by atoms with Gasteiger partial charge >= 0.3 is 0 Å². The number of carbonyl (C=O) groups excluding carboxylic acids is 1. The van der Waals surface area contributed by atoms with E-state index in [9.17, 15) is 20.0 Å². The SMILES string of the molecule is O=C(C1Cc2cc(N([O-])O)ccc2N2CC3CC(Cn4c3cccc4=O)C12)N1CCc2[nH]c3ccccc3c2C1. The maximum absolute atomic E-state index is 14.5. The molecule has 4 aliphatic heterocycles. The van der Waals surface area contributed by atoms with Gasteiger partial charge in [0.2, 0.25) is 5.91 Å². The zero-order chi connectivity index (χ0) is 27.1. The molecule has 2 N–H and O–H groups in total. The van der Waals surface area contributed by atoms with Gasteiger partial charge in [-0.3, -0.25) is 14.8 Å². The quantitative estimate of drug-likeness (QED) is 0.378. The monoisotopic (exact) mass is 536 g/mol. The molecule has 6 heterocycles. The molecule has 2 aromatic carbocycles. The first-order valence-electron chi connectivity index (χ1n) is 14.1. The lowest BCUT2D eigenvalue weighted by Crippen LogP contribution is -2.61. The number of anilines is 2. The largest absolute Gasteiger partial charge is 0.733 e. The highest BCUT2D eigenvalue weighted by Crippen LogP contribution is 2.48. The van der Waals surface area contributed by atoms with Crippen LogP contribution in [-0.4, -0.2) is 44.7 Å². The molecule has 204 valence electrons. The minimum atomic E-state index is -0.319. The van der Waals surface area contributed by atoms with Gasteiger partial charge < -0.3 is 29.8 Å². The summed E-state index contributed by atoms with van der Waals surface area (Å²) in [5, 5.41) is 22.4. The van der Waals surface area contributed by atoms with E-state index in [0.717, 1.165) is 40.7 Å². The van der Waals surface area contributed by atoms with Crippen LogP contribution in [0.1, 0.15) is 34.9 Å². The molecule has 0 saturated carbocycles. The molecule has 2 bridgehead atoms. The predicted octanol–water partition coefficient (Wildman–Crippen LogP) is 3.77. The van der Waals surface area contributed by atoms with E-state index in [1.54, 1.807) is 18.2 Å². The number of nitrogens with zero attached hydrogens (tertiary/aromatic N) is 4. The molecule has 4 aromatic rings. The Labute approximate surface area is 230 Å². The van der Waals surface area contributed by atoms with Crippen molar-refractivity contribution in [1.82, 2.24) is 14.5 Å². The number of aromatic amines is 1. The van der Waals surface area contributed by atoms with Gasteiger partial charge in [-0.1, -0.05) is 24.3 Å². The average Bonchev–Trinajstić information content (AvgIpc) is 3.34. The Kier molecular flexibility index (Phi) is 5.18. The van der Waals surface area contributed by atoms with Crippen LogP contribution in [0.5, 0.6) is 0 Å². The van der Waals surface area contributed by atoms with E-state index in [-0.39, 0.29) is 46.2 Å². The summed E-state index contributed by atoms with van der Waals surface area (Å²) in [5.41, 5.74) is 6.64. The van der Waals surface area contributed by atoms with Crippen molar-refractivity contribution in [3.63, 3.8) is 0 Å². The first kappa shape index (κ1) is 23.8. The molecule has 40 heavy (non-hydrogen) atoms. The summed E-state index contributed by atoms with van der Waals surface area (Å²) in [6.07, 6.45) is 2.22. The fourth-order valence-corrected chi connectivity index (χ4v) is 8.03. The third-order valence-electron chi connectivity index (χ3n) is 9.72.